The highest BCUT2D eigenvalue weighted by Crippen LogP contribution is 2.11. The van der Waals surface area contributed by atoms with Gasteiger partial charge in [0, 0.05) is 5.69 Å². The third kappa shape index (κ3) is 3.79. The highest BCUT2D eigenvalue weighted by Gasteiger charge is 2.09. The van der Waals surface area contributed by atoms with E-state index in [4.69, 9.17) is 10.5 Å². The Balaban J connectivity index is 2.18. The summed E-state index contributed by atoms with van der Waals surface area (Å²) in [5, 5.41) is 20.5. The van der Waals surface area contributed by atoms with Crippen molar-refractivity contribution in [2.24, 2.45) is 0 Å². The Morgan fingerprint density at radius 1 is 1.00 bits per heavy atom. The SMILES string of the molecule is N#C/C(=C/c1ccc(C#N)cc1)C(=O)Nc1ccccc1. The molecule has 2 aromatic rings. The Morgan fingerprint density at radius 2 is 1.67 bits per heavy atom. The lowest BCUT2D eigenvalue weighted by molar-refractivity contribution is -0.112. The zero-order chi connectivity index (χ0) is 15.1. The van der Waals surface area contributed by atoms with E-state index in [2.05, 4.69) is 5.32 Å². The molecule has 0 spiro atoms. The van der Waals surface area contributed by atoms with Crippen molar-refractivity contribution in [3.05, 3.63) is 71.3 Å². The van der Waals surface area contributed by atoms with Crippen molar-refractivity contribution < 1.29 is 4.79 Å². The van der Waals surface area contributed by atoms with Gasteiger partial charge in [0.2, 0.25) is 0 Å². The first-order chi connectivity index (χ1) is 10.2. The highest BCUT2D eigenvalue weighted by atomic mass is 16.1. The molecule has 0 aliphatic carbocycles. The van der Waals surface area contributed by atoms with Crippen molar-refractivity contribution in [1.82, 2.24) is 0 Å². The first kappa shape index (κ1) is 14.0. The summed E-state index contributed by atoms with van der Waals surface area (Å²) in [5.41, 5.74) is 1.85. The van der Waals surface area contributed by atoms with Gasteiger partial charge in [0.25, 0.3) is 5.91 Å². The van der Waals surface area contributed by atoms with E-state index in [1.165, 1.54) is 6.08 Å². The molecule has 0 atom stereocenters. The van der Waals surface area contributed by atoms with E-state index in [0.717, 1.165) is 0 Å². The van der Waals surface area contributed by atoms with E-state index < -0.39 is 5.91 Å². The second-order valence-corrected chi connectivity index (χ2v) is 4.22. The summed E-state index contributed by atoms with van der Waals surface area (Å²) < 4.78 is 0. The van der Waals surface area contributed by atoms with Gasteiger partial charge in [-0.15, -0.1) is 0 Å². The van der Waals surface area contributed by atoms with Crippen molar-refractivity contribution in [2.45, 2.75) is 0 Å². The van der Waals surface area contributed by atoms with Crippen molar-refractivity contribution in [2.75, 3.05) is 5.32 Å². The van der Waals surface area contributed by atoms with Gasteiger partial charge in [-0.2, -0.15) is 10.5 Å². The molecular formula is C17H11N3O. The van der Waals surface area contributed by atoms with E-state index in [1.54, 1.807) is 48.5 Å². The van der Waals surface area contributed by atoms with Gasteiger partial charge >= 0.3 is 0 Å². The minimum Gasteiger partial charge on any atom is -0.321 e. The molecule has 0 heterocycles. The van der Waals surface area contributed by atoms with E-state index in [0.29, 0.717) is 16.8 Å². The lowest BCUT2D eigenvalue weighted by Crippen LogP contribution is -2.13. The van der Waals surface area contributed by atoms with E-state index >= 15 is 0 Å². The molecule has 0 aliphatic heterocycles. The molecule has 0 aliphatic rings. The number of hydrogen-bond acceptors (Lipinski definition) is 3. The second kappa shape index (κ2) is 6.70. The van der Waals surface area contributed by atoms with Crippen LogP contribution in [0.3, 0.4) is 0 Å². The Morgan fingerprint density at radius 3 is 2.24 bits per heavy atom. The van der Waals surface area contributed by atoms with Crippen LogP contribution in [0.5, 0.6) is 0 Å². The molecule has 2 aromatic carbocycles. The molecule has 100 valence electrons. The highest BCUT2D eigenvalue weighted by molar-refractivity contribution is 6.09. The minimum absolute atomic E-state index is 0.00330. The second-order valence-electron chi connectivity index (χ2n) is 4.22. The van der Waals surface area contributed by atoms with E-state index in [9.17, 15) is 4.79 Å². The fourth-order valence-corrected chi connectivity index (χ4v) is 1.69. The van der Waals surface area contributed by atoms with E-state index in [1.807, 2.05) is 18.2 Å². The molecule has 0 unspecified atom stereocenters. The fraction of sp³-hybridized carbons (Fsp3) is 0. The molecule has 0 saturated heterocycles. The average molecular weight is 273 g/mol. The third-order valence-electron chi connectivity index (χ3n) is 2.75. The molecule has 0 aromatic heterocycles. The quantitative estimate of drug-likeness (QED) is 0.689. The summed E-state index contributed by atoms with van der Waals surface area (Å²) in [7, 11) is 0. The van der Waals surface area contributed by atoms with Crippen LogP contribution in [0.2, 0.25) is 0 Å². The largest absolute Gasteiger partial charge is 0.321 e. The van der Waals surface area contributed by atoms with Gasteiger partial charge in [0.1, 0.15) is 11.6 Å². The van der Waals surface area contributed by atoms with Crippen molar-refractivity contribution in [1.29, 1.82) is 10.5 Å². The number of para-hydroxylation sites is 1. The van der Waals surface area contributed by atoms with Gasteiger partial charge in [-0.25, -0.2) is 0 Å². The smallest absolute Gasteiger partial charge is 0.266 e. The summed E-state index contributed by atoms with van der Waals surface area (Å²) in [6, 6.07) is 19.5. The molecule has 4 nitrogen and oxygen atoms in total. The number of amides is 1. The molecule has 2 rings (SSSR count). The monoisotopic (exact) mass is 273 g/mol. The van der Waals surface area contributed by atoms with Gasteiger partial charge in [-0.05, 0) is 35.9 Å². The number of anilines is 1. The molecule has 0 bridgehead atoms. The lowest BCUT2D eigenvalue weighted by Gasteiger charge is -2.03. The topological polar surface area (TPSA) is 76.7 Å². The summed E-state index contributed by atoms with van der Waals surface area (Å²) in [4.78, 5) is 12.0. The van der Waals surface area contributed by atoms with Crippen molar-refractivity contribution >= 4 is 17.7 Å². The van der Waals surface area contributed by atoms with Crippen molar-refractivity contribution in [3.8, 4) is 12.1 Å². The molecule has 1 amide bonds. The summed E-state index contributed by atoms with van der Waals surface area (Å²) in [6.07, 6.45) is 1.49. The van der Waals surface area contributed by atoms with Gasteiger partial charge in [0.15, 0.2) is 0 Å². The van der Waals surface area contributed by atoms with Crippen LogP contribution in [0.25, 0.3) is 6.08 Å². The van der Waals surface area contributed by atoms with Crippen LogP contribution in [0.4, 0.5) is 5.69 Å². The molecule has 4 heteroatoms. The summed E-state index contributed by atoms with van der Waals surface area (Å²) in [6.45, 7) is 0. The molecule has 0 radical (unpaired) electrons. The molecule has 21 heavy (non-hydrogen) atoms. The maximum atomic E-state index is 12.0. The van der Waals surface area contributed by atoms with Gasteiger partial charge in [-0.3, -0.25) is 4.79 Å². The maximum Gasteiger partial charge on any atom is 0.266 e. The van der Waals surface area contributed by atoms with Crippen molar-refractivity contribution in [3.63, 3.8) is 0 Å². The number of benzene rings is 2. The number of nitrogens with one attached hydrogen (secondary N) is 1. The third-order valence-corrected chi connectivity index (χ3v) is 2.75. The summed E-state index contributed by atoms with van der Waals surface area (Å²) in [5.74, 6) is -0.465. The normalized spacial score (nSPS) is 10.3. The number of carbonyl (C=O) groups excluding carboxylic acids is 1. The van der Waals surface area contributed by atoms with E-state index in [-0.39, 0.29) is 5.57 Å². The van der Waals surface area contributed by atoms with Crippen LogP contribution >= 0.6 is 0 Å². The number of hydrogen-bond donors (Lipinski definition) is 1. The first-order valence-electron chi connectivity index (χ1n) is 6.21. The molecule has 0 fully saturated rings. The van der Waals surface area contributed by atoms with Crippen LogP contribution < -0.4 is 5.32 Å². The molecule has 0 saturated carbocycles. The Labute approximate surface area is 122 Å². The first-order valence-corrected chi connectivity index (χ1v) is 6.21. The number of carbonyl (C=O) groups is 1. The van der Waals surface area contributed by atoms with Gasteiger partial charge < -0.3 is 5.32 Å². The Bertz CT molecular complexity index is 747. The van der Waals surface area contributed by atoms with Crippen LogP contribution in [-0.4, -0.2) is 5.91 Å². The lowest BCUT2D eigenvalue weighted by atomic mass is 10.1. The standard InChI is InChI=1S/C17H11N3O/c18-11-14-8-6-13(7-9-14)10-15(12-19)17(21)20-16-4-2-1-3-5-16/h1-10H,(H,20,21)/b15-10-. The minimum atomic E-state index is -0.465. The molecule has 1 N–H and O–H groups in total. The van der Waals surface area contributed by atoms with Crippen LogP contribution in [0.1, 0.15) is 11.1 Å². The number of nitriles is 2. The number of rotatable bonds is 3. The van der Waals surface area contributed by atoms with Crippen LogP contribution in [-0.2, 0) is 4.79 Å². The summed E-state index contributed by atoms with van der Waals surface area (Å²) >= 11 is 0. The fourth-order valence-electron chi connectivity index (χ4n) is 1.69. The van der Waals surface area contributed by atoms with Crippen LogP contribution in [0.15, 0.2) is 60.2 Å². The van der Waals surface area contributed by atoms with Gasteiger partial charge in [0.05, 0.1) is 11.6 Å². The predicted molar refractivity (Wildman–Crippen MR) is 79.8 cm³/mol. The predicted octanol–water partition coefficient (Wildman–Crippen LogP) is 3.10. The average Bonchev–Trinajstić information content (AvgIpc) is 2.54. The maximum absolute atomic E-state index is 12.0. The van der Waals surface area contributed by atoms with Crippen LogP contribution in [0, 0.1) is 22.7 Å². The molecular weight excluding hydrogens is 262 g/mol. The zero-order valence-electron chi connectivity index (χ0n) is 11.1. The Hall–Kier alpha value is -3.37. The van der Waals surface area contributed by atoms with Gasteiger partial charge in [-0.1, -0.05) is 30.3 Å². The Kier molecular flexibility index (Phi) is 4.48. The zero-order valence-corrected chi connectivity index (χ0v) is 11.1. The number of nitrogens with zero attached hydrogens (tertiary/aromatic N) is 2.